The number of hydrogen-bond acceptors (Lipinski definition) is 2. The molecule has 1 amide bonds. The summed E-state index contributed by atoms with van der Waals surface area (Å²) in [6, 6.07) is 0.393. The van der Waals surface area contributed by atoms with Crippen molar-refractivity contribution in [1.82, 2.24) is 4.90 Å². The molecular weight excluding hydrogens is 182 g/mol. The molecule has 3 heteroatoms. The molecule has 1 saturated heterocycles. The Kier molecular flexibility index (Phi) is 3.85. The minimum absolute atomic E-state index is 0.0824. The zero-order valence-electron chi connectivity index (χ0n) is 8.32. The zero-order valence-corrected chi connectivity index (χ0v) is 9.14. The third-order valence-electron chi connectivity index (χ3n) is 2.39. The molecule has 0 aromatic heterocycles. The molecule has 0 radical (unpaired) electrons. The molecular formula is C10H17NOS. The van der Waals surface area contributed by atoms with Gasteiger partial charge in [0.1, 0.15) is 0 Å². The van der Waals surface area contributed by atoms with Crippen molar-refractivity contribution in [1.29, 1.82) is 0 Å². The average molecular weight is 199 g/mol. The maximum atomic E-state index is 11.5. The number of carbonyl (C=O) groups excluding carboxylic acids is 1. The maximum Gasteiger partial charge on any atom is 0.246 e. The number of thioether (sulfide) groups is 1. The Balaban J connectivity index is 2.66. The second-order valence-corrected chi connectivity index (χ2v) is 4.77. The zero-order chi connectivity index (χ0) is 9.84. The molecule has 0 aliphatic carbocycles. The van der Waals surface area contributed by atoms with Gasteiger partial charge in [0.15, 0.2) is 0 Å². The van der Waals surface area contributed by atoms with Crippen LogP contribution in [0.25, 0.3) is 0 Å². The highest BCUT2D eigenvalue weighted by molar-refractivity contribution is 7.99. The van der Waals surface area contributed by atoms with Crippen LogP contribution in [0.2, 0.25) is 0 Å². The van der Waals surface area contributed by atoms with E-state index in [1.807, 2.05) is 16.7 Å². The van der Waals surface area contributed by atoms with Crippen molar-refractivity contribution in [2.75, 3.05) is 18.1 Å². The number of carbonyl (C=O) groups is 1. The largest absolute Gasteiger partial charge is 0.334 e. The first-order valence-electron chi connectivity index (χ1n) is 4.67. The normalized spacial score (nSPS) is 23.3. The van der Waals surface area contributed by atoms with Crippen molar-refractivity contribution >= 4 is 17.7 Å². The van der Waals surface area contributed by atoms with Crippen LogP contribution in [0.1, 0.15) is 13.8 Å². The highest BCUT2D eigenvalue weighted by Gasteiger charge is 2.27. The molecule has 74 valence electrons. The number of amides is 1. The van der Waals surface area contributed by atoms with Crippen molar-refractivity contribution in [2.24, 2.45) is 5.92 Å². The molecule has 1 atom stereocenters. The highest BCUT2D eigenvalue weighted by Crippen LogP contribution is 2.22. The molecule has 0 aromatic carbocycles. The van der Waals surface area contributed by atoms with E-state index < -0.39 is 0 Å². The van der Waals surface area contributed by atoms with Crippen LogP contribution in [0.5, 0.6) is 0 Å². The van der Waals surface area contributed by atoms with Gasteiger partial charge in [0.05, 0.1) is 0 Å². The van der Waals surface area contributed by atoms with Gasteiger partial charge < -0.3 is 4.90 Å². The van der Waals surface area contributed by atoms with Crippen molar-refractivity contribution in [3.63, 3.8) is 0 Å². The SMILES string of the molecule is C=CC(=O)N1CCSCC1C(C)C. The fourth-order valence-electron chi connectivity index (χ4n) is 1.57. The van der Waals surface area contributed by atoms with Crippen LogP contribution in [0.3, 0.4) is 0 Å². The summed E-state index contributed by atoms with van der Waals surface area (Å²) in [7, 11) is 0. The molecule has 1 rings (SSSR count). The van der Waals surface area contributed by atoms with Crippen LogP contribution in [0.15, 0.2) is 12.7 Å². The topological polar surface area (TPSA) is 20.3 Å². The summed E-state index contributed by atoms with van der Waals surface area (Å²) in [4.78, 5) is 13.4. The monoisotopic (exact) mass is 199 g/mol. The van der Waals surface area contributed by atoms with Crippen LogP contribution in [-0.2, 0) is 4.79 Å². The molecule has 0 N–H and O–H groups in total. The molecule has 1 aliphatic heterocycles. The van der Waals surface area contributed by atoms with E-state index in [1.165, 1.54) is 6.08 Å². The van der Waals surface area contributed by atoms with Crippen molar-refractivity contribution in [3.8, 4) is 0 Å². The van der Waals surface area contributed by atoms with Crippen LogP contribution >= 0.6 is 11.8 Å². The lowest BCUT2D eigenvalue weighted by atomic mass is 10.0. The van der Waals surface area contributed by atoms with E-state index in [0.29, 0.717) is 12.0 Å². The van der Waals surface area contributed by atoms with Gasteiger partial charge >= 0.3 is 0 Å². The van der Waals surface area contributed by atoms with Crippen LogP contribution in [0.4, 0.5) is 0 Å². The van der Waals surface area contributed by atoms with E-state index in [4.69, 9.17) is 0 Å². The first kappa shape index (κ1) is 10.6. The Hall–Kier alpha value is -0.440. The summed E-state index contributed by atoms with van der Waals surface area (Å²) < 4.78 is 0. The standard InChI is InChI=1S/C10H17NOS/c1-4-10(12)11-5-6-13-7-9(11)8(2)3/h4,8-9H,1,5-7H2,2-3H3. The minimum Gasteiger partial charge on any atom is -0.334 e. The van der Waals surface area contributed by atoms with Gasteiger partial charge in [0.25, 0.3) is 0 Å². The Morgan fingerprint density at radius 1 is 1.69 bits per heavy atom. The Labute approximate surface area is 84.4 Å². The highest BCUT2D eigenvalue weighted by atomic mass is 32.2. The number of rotatable bonds is 2. The lowest BCUT2D eigenvalue weighted by Gasteiger charge is -2.37. The molecule has 0 saturated carbocycles. The molecule has 1 fully saturated rings. The van der Waals surface area contributed by atoms with E-state index in [9.17, 15) is 4.79 Å². The molecule has 13 heavy (non-hydrogen) atoms. The smallest absolute Gasteiger partial charge is 0.246 e. The van der Waals surface area contributed by atoms with Gasteiger partial charge in [-0.25, -0.2) is 0 Å². The van der Waals surface area contributed by atoms with E-state index in [0.717, 1.165) is 18.1 Å². The number of nitrogens with zero attached hydrogens (tertiary/aromatic N) is 1. The van der Waals surface area contributed by atoms with Crippen molar-refractivity contribution in [3.05, 3.63) is 12.7 Å². The van der Waals surface area contributed by atoms with Gasteiger partial charge in [-0.2, -0.15) is 11.8 Å². The fraction of sp³-hybridized carbons (Fsp3) is 0.700. The summed E-state index contributed by atoms with van der Waals surface area (Å²) in [5, 5.41) is 0. The van der Waals surface area contributed by atoms with E-state index in [2.05, 4.69) is 20.4 Å². The van der Waals surface area contributed by atoms with Crippen molar-refractivity contribution < 1.29 is 4.79 Å². The lowest BCUT2D eigenvalue weighted by molar-refractivity contribution is -0.128. The van der Waals surface area contributed by atoms with Gasteiger partial charge in [0.2, 0.25) is 5.91 Å². The van der Waals surface area contributed by atoms with Gasteiger partial charge in [0, 0.05) is 24.1 Å². The van der Waals surface area contributed by atoms with Gasteiger partial charge in [-0.15, -0.1) is 0 Å². The lowest BCUT2D eigenvalue weighted by Crippen LogP contribution is -2.48. The minimum atomic E-state index is 0.0824. The summed E-state index contributed by atoms with van der Waals surface area (Å²) >= 11 is 1.93. The predicted molar refractivity (Wildman–Crippen MR) is 57.9 cm³/mol. The first-order valence-corrected chi connectivity index (χ1v) is 5.83. The fourth-order valence-corrected chi connectivity index (χ4v) is 2.86. The van der Waals surface area contributed by atoms with Crippen LogP contribution in [0, 0.1) is 5.92 Å². The number of hydrogen-bond donors (Lipinski definition) is 0. The Bertz CT molecular complexity index is 203. The third kappa shape index (κ3) is 2.50. The van der Waals surface area contributed by atoms with E-state index in [-0.39, 0.29) is 5.91 Å². The quantitative estimate of drug-likeness (QED) is 0.632. The second-order valence-electron chi connectivity index (χ2n) is 3.62. The van der Waals surface area contributed by atoms with Crippen molar-refractivity contribution in [2.45, 2.75) is 19.9 Å². The molecule has 0 bridgehead atoms. The molecule has 1 unspecified atom stereocenters. The molecule has 0 spiro atoms. The predicted octanol–water partition coefficient (Wildman–Crippen LogP) is 1.77. The van der Waals surface area contributed by atoms with E-state index in [1.54, 1.807) is 0 Å². The summed E-state index contributed by atoms with van der Waals surface area (Å²) in [6.07, 6.45) is 1.42. The molecule has 2 nitrogen and oxygen atoms in total. The maximum absolute atomic E-state index is 11.5. The molecule has 0 aromatic rings. The average Bonchev–Trinajstić information content (AvgIpc) is 2.16. The van der Waals surface area contributed by atoms with Gasteiger partial charge in [-0.1, -0.05) is 20.4 Å². The Morgan fingerprint density at radius 2 is 2.38 bits per heavy atom. The van der Waals surface area contributed by atoms with E-state index >= 15 is 0 Å². The summed E-state index contributed by atoms with van der Waals surface area (Å²) in [5.41, 5.74) is 0. The first-order chi connectivity index (χ1) is 6.16. The van der Waals surface area contributed by atoms with Crippen LogP contribution < -0.4 is 0 Å². The summed E-state index contributed by atoms with van der Waals surface area (Å²) in [6.45, 7) is 8.74. The summed E-state index contributed by atoms with van der Waals surface area (Å²) in [5.74, 6) is 2.75. The Morgan fingerprint density at radius 3 is 2.92 bits per heavy atom. The third-order valence-corrected chi connectivity index (χ3v) is 3.44. The van der Waals surface area contributed by atoms with Crippen LogP contribution in [-0.4, -0.2) is 34.9 Å². The molecule has 1 aliphatic rings. The van der Waals surface area contributed by atoms with Gasteiger partial charge in [-0.05, 0) is 12.0 Å². The molecule has 1 heterocycles. The second kappa shape index (κ2) is 4.70. The van der Waals surface area contributed by atoms with Gasteiger partial charge in [-0.3, -0.25) is 4.79 Å².